The van der Waals surface area contributed by atoms with Crippen LogP contribution in [0.15, 0.2) is 52.0 Å². The van der Waals surface area contributed by atoms with Gasteiger partial charge in [0.05, 0.1) is 18.5 Å². The molecule has 150 valence electrons. The fourth-order valence-corrected chi connectivity index (χ4v) is 5.69. The zero-order valence-electron chi connectivity index (χ0n) is 16.6. The summed E-state index contributed by atoms with van der Waals surface area (Å²) in [5.74, 6) is 1.64. The number of aromatic nitrogens is 2. The zero-order chi connectivity index (χ0) is 19.8. The van der Waals surface area contributed by atoms with Crippen molar-refractivity contribution >= 4 is 17.7 Å². The maximum absolute atomic E-state index is 13.8. The highest BCUT2D eigenvalue weighted by Crippen LogP contribution is 2.42. The molecule has 0 spiro atoms. The number of amides is 1. The van der Waals surface area contributed by atoms with Gasteiger partial charge in [-0.3, -0.25) is 9.48 Å². The zero-order valence-corrected chi connectivity index (χ0v) is 17.5. The summed E-state index contributed by atoms with van der Waals surface area (Å²) < 4.78 is 7.46. The second-order valence-corrected chi connectivity index (χ2v) is 8.91. The summed E-state index contributed by atoms with van der Waals surface area (Å²) in [6.07, 6.45) is 7.39. The highest BCUT2D eigenvalue weighted by Gasteiger charge is 2.33. The number of hydrogen-bond donors (Lipinski definition) is 0. The minimum absolute atomic E-state index is 0.0325. The first kappa shape index (κ1) is 18.6. The summed E-state index contributed by atoms with van der Waals surface area (Å²) in [6, 6.07) is 12.5. The van der Waals surface area contributed by atoms with Gasteiger partial charge in [0, 0.05) is 34.9 Å². The molecule has 0 atom stereocenters. The SMILES string of the molecule is Cn1nc(C(=O)N(Cc2ccco2)C2CCCCC2)c2c1-c1ccccc1SC2. The highest BCUT2D eigenvalue weighted by molar-refractivity contribution is 7.98. The molecule has 0 N–H and O–H groups in total. The van der Waals surface area contributed by atoms with E-state index in [1.807, 2.05) is 34.8 Å². The normalized spacial score (nSPS) is 16.3. The minimum Gasteiger partial charge on any atom is -0.467 e. The maximum atomic E-state index is 13.8. The van der Waals surface area contributed by atoms with Gasteiger partial charge in [-0.2, -0.15) is 5.10 Å². The number of benzene rings is 1. The summed E-state index contributed by atoms with van der Waals surface area (Å²) in [4.78, 5) is 17.0. The Kier molecular flexibility index (Phi) is 4.96. The monoisotopic (exact) mass is 407 g/mol. The summed E-state index contributed by atoms with van der Waals surface area (Å²) in [5.41, 5.74) is 3.90. The molecule has 1 aliphatic carbocycles. The predicted octanol–water partition coefficient (Wildman–Crippen LogP) is 5.26. The lowest BCUT2D eigenvalue weighted by Gasteiger charge is -2.33. The Balaban J connectivity index is 1.53. The molecule has 1 fully saturated rings. The van der Waals surface area contributed by atoms with Gasteiger partial charge in [-0.15, -0.1) is 11.8 Å². The number of carbonyl (C=O) groups is 1. The molecule has 3 aromatic rings. The summed E-state index contributed by atoms with van der Waals surface area (Å²) in [6.45, 7) is 0.506. The Morgan fingerprint density at radius 3 is 2.83 bits per heavy atom. The molecular formula is C23H25N3O2S. The Morgan fingerprint density at radius 2 is 2.03 bits per heavy atom. The van der Waals surface area contributed by atoms with Crippen LogP contribution in [0.2, 0.25) is 0 Å². The lowest BCUT2D eigenvalue weighted by Crippen LogP contribution is -2.41. The van der Waals surface area contributed by atoms with Crippen molar-refractivity contribution in [3.05, 3.63) is 59.7 Å². The number of hydrogen-bond acceptors (Lipinski definition) is 4. The van der Waals surface area contributed by atoms with E-state index in [-0.39, 0.29) is 11.9 Å². The molecule has 1 saturated carbocycles. The number of furan rings is 1. The van der Waals surface area contributed by atoms with Gasteiger partial charge < -0.3 is 9.32 Å². The highest BCUT2D eigenvalue weighted by atomic mass is 32.2. The number of thioether (sulfide) groups is 1. The molecule has 2 aromatic heterocycles. The molecule has 5 nitrogen and oxygen atoms in total. The second kappa shape index (κ2) is 7.75. The molecular weight excluding hydrogens is 382 g/mol. The number of aryl methyl sites for hydroxylation is 1. The van der Waals surface area contributed by atoms with Crippen LogP contribution in [0.1, 0.15) is 53.9 Å². The first-order valence-electron chi connectivity index (χ1n) is 10.3. The second-order valence-electron chi connectivity index (χ2n) is 7.89. The molecule has 3 heterocycles. The molecule has 0 bridgehead atoms. The van der Waals surface area contributed by atoms with E-state index in [0.29, 0.717) is 12.2 Å². The third kappa shape index (κ3) is 3.39. The van der Waals surface area contributed by atoms with Crippen molar-refractivity contribution in [3.8, 4) is 11.3 Å². The first-order valence-corrected chi connectivity index (χ1v) is 11.3. The number of rotatable bonds is 4. The fourth-order valence-electron chi connectivity index (χ4n) is 4.62. The van der Waals surface area contributed by atoms with E-state index in [1.165, 1.54) is 29.7 Å². The van der Waals surface area contributed by atoms with Gasteiger partial charge in [-0.25, -0.2) is 0 Å². The van der Waals surface area contributed by atoms with E-state index in [2.05, 4.69) is 18.2 Å². The Bertz CT molecular complexity index is 1020. The van der Waals surface area contributed by atoms with Crippen LogP contribution in [0, 0.1) is 0 Å². The van der Waals surface area contributed by atoms with Crippen LogP contribution in [0.4, 0.5) is 0 Å². The van der Waals surface area contributed by atoms with Gasteiger partial charge >= 0.3 is 0 Å². The molecule has 0 radical (unpaired) electrons. The van der Waals surface area contributed by atoms with Gasteiger partial charge in [0.2, 0.25) is 0 Å². The van der Waals surface area contributed by atoms with Crippen LogP contribution in [0.5, 0.6) is 0 Å². The van der Waals surface area contributed by atoms with Gasteiger partial charge in [0.1, 0.15) is 5.76 Å². The van der Waals surface area contributed by atoms with Crippen LogP contribution in [-0.2, 0) is 19.3 Å². The Hall–Kier alpha value is -2.47. The van der Waals surface area contributed by atoms with Crippen molar-refractivity contribution in [2.24, 2.45) is 7.05 Å². The van der Waals surface area contributed by atoms with Crippen LogP contribution < -0.4 is 0 Å². The lowest BCUT2D eigenvalue weighted by atomic mass is 9.93. The van der Waals surface area contributed by atoms with E-state index >= 15 is 0 Å². The maximum Gasteiger partial charge on any atom is 0.275 e. The van der Waals surface area contributed by atoms with Crippen molar-refractivity contribution in [2.45, 2.75) is 55.3 Å². The largest absolute Gasteiger partial charge is 0.467 e. The van der Waals surface area contributed by atoms with Crippen molar-refractivity contribution in [3.63, 3.8) is 0 Å². The van der Waals surface area contributed by atoms with E-state index in [4.69, 9.17) is 9.52 Å². The molecule has 29 heavy (non-hydrogen) atoms. The Morgan fingerprint density at radius 1 is 1.21 bits per heavy atom. The molecule has 1 amide bonds. The van der Waals surface area contributed by atoms with Gasteiger partial charge in [-0.1, -0.05) is 37.5 Å². The van der Waals surface area contributed by atoms with Crippen LogP contribution >= 0.6 is 11.8 Å². The third-order valence-corrected chi connectivity index (χ3v) is 7.14. The van der Waals surface area contributed by atoms with Crippen molar-refractivity contribution in [2.75, 3.05) is 0 Å². The first-order chi connectivity index (χ1) is 14.2. The topological polar surface area (TPSA) is 51.3 Å². The summed E-state index contributed by atoms with van der Waals surface area (Å²) in [5, 5.41) is 4.72. The average Bonchev–Trinajstić information content (AvgIpc) is 3.40. The van der Waals surface area contributed by atoms with E-state index < -0.39 is 0 Å². The molecule has 0 unspecified atom stereocenters. The average molecular weight is 408 g/mol. The number of nitrogens with zero attached hydrogens (tertiary/aromatic N) is 3. The molecule has 1 aromatic carbocycles. The minimum atomic E-state index is 0.0325. The number of fused-ring (bicyclic) bond motifs is 3. The Labute approximate surface area is 175 Å². The number of carbonyl (C=O) groups excluding carboxylic acids is 1. The quantitative estimate of drug-likeness (QED) is 0.592. The van der Waals surface area contributed by atoms with E-state index in [9.17, 15) is 4.79 Å². The van der Waals surface area contributed by atoms with Crippen molar-refractivity contribution in [1.29, 1.82) is 0 Å². The molecule has 6 heteroatoms. The van der Waals surface area contributed by atoms with Crippen LogP contribution in [-0.4, -0.2) is 26.6 Å². The van der Waals surface area contributed by atoms with E-state index in [1.54, 1.807) is 18.0 Å². The van der Waals surface area contributed by atoms with Gasteiger partial charge in [0.25, 0.3) is 5.91 Å². The predicted molar refractivity (Wildman–Crippen MR) is 114 cm³/mol. The fraction of sp³-hybridized carbons (Fsp3) is 0.391. The van der Waals surface area contributed by atoms with Gasteiger partial charge in [0.15, 0.2) is 5.69 Å². The molecule has 1 aliphatic heterocycles. The third-order valence-electron chi connectivity index (χ3n) is 6.04. The van der Waals surface area contributed by atoms with Crippen LogP contribution in [0.3, 0.4) is 0 Å². The summed E-state index contributed by atoms with van der Waals surface area (Å²) >= 11 is 1.79. The van der Waals surface area contributed by atoms with Crippen molar-refractivity contribution < 1.29 is 9.21 Å². The molecule has 2 aliphatic rings. The standard InChI is InChI=1S/C23H25N3O2S/c1-25-22-18-11-5-6-12-20(18)29-15-19(22)21(24-25)23(27)26(14-17-10-7-13-28-17)16-8-3-2-4-9-16/h5-7,10-13,16H,2-4,8-9,14-15H2,1H3. The molecule has 0 saturated heterocycles. The smallest absolute Gasteiger partial charge is 0.275 e. The van der Waals surface area contributed by atoms with Gasteiger partial charge in [-0.05, 0) is 31.0 Å². The lowest BCUT2D eigenvalue weighted by molar-refractivity contribution is 0.0589. The summed E-state index contributed by atoms with van der Waals surface area (Å²) in [7, 11) is 1.94. The van der Waals surface area contributed by atoms with E-state index in [0.717, 1.165) is 35.6 Å². The molecule has 5 rings (SSSR count). The van der Waals surface area contributed by atoms with Crippen molar-refractivity contribution in [1.82, 2.24) is 14.7 Å². The van der Waals surface area contributed by atoms with Crippen LogP contribution in [0.25, 0.3) is 11.3 Å².